The van der Waals surface area contributed by atoms with Gasteiger partial charge in [0.1, 0.15) is 5.82 Å². The number of benzene rings is 2. The smallest absolute Gasteiger partial charge is 0.259 e. The van der Waals surface area contributed by atoms with Gasteiger partial charge in [-0.05, 0) is 76.1 Å². The molecule has 1 N–H and O–H groups in total. The molecule has 1 amide bonds. The van der Waals surface area contributed by atoms with Crippen LogP contribution in [0.4, 0.5) is 15.8 Å². The molecule has 0 aliphatic carbocycles. The fourth-order valence-electron chi connectivity index (χ4n) is 4.14. The molecule has 170 valence electrons. The van der Waals surface area contributed by atoms with E-state index in [1.54, 1.807) is 22.8 Å². The van der Waals surface area contributed by atoms with Crippen LogP contribution in [0.3, 0.4) is 0 Å². The van der Waals surface area contributed by atoms with Crippen molar-refractivity contribution in [3.8, 4) is 11.1 Å². The van der Waals surface area contributed by atoms with Gasteiger partial charge in [-0.3, -0.25) is 4.79 Å². The number of anilines is 2. The average Bonchev–Trinajstić information content (AvgIpc) is 3.14. The first-order chi connectivity index (χ1) is 15.8. The SMILES string of the molecule is CCN(CC)c1ccc(NC(=O)c2cnc3c(-c4ccc(F)cc4)c(C)nn3c2C)c(C)c1. The van der Waals surface area contributed by atoms with E-state index in [1.165, 1.54) is 12.1 Å². The number of carbonyl (C=O) groups is 1. The van der Waals surface area contributed by atoms with Crippen molar-refractivity contribution < 1.29 is 9.18 Å². The van der Waals surface area contributed by atoms with E-state index >= 15 is 0 Å². The monoisotopic (exact) mass is 445 g/mol. The normalized spacial score (nSPS) is 11.1. The second kappa shape index (κ2) is 9.02. The van der Waals surface area contributed by atoms with Crippen molar-refractivity contribution in [2.75, 3.05) is 23.3 Å². The molecule has 2 aromatic carbocycles. The Morgan fingerprint density at radius 2 is 1.76 bits per heavy atom. The van der Waals surface area contributed by atoms with Gasteiger partial charge in [-0.2, -0.15) is 5.10 Å². The van der Waals surface area contributed by atoms with Crippen molar-refractivity contribution in [2.24, 2.45) is 0 Å². The summed E-state index contributed by atoms with van der Waals surface area (Å²) in [6.07, 6.45) is 1.58. The quantitative estimate of drug-likeness (QED) is 0.422. The topological polar surface area (TPSA) is 62.5 Å². The number of halogens is 1. The van der Waals surface area contributed by atoms with Crippen molar-refractivity contribution in [2.45, 2.75) is 34.6 Å². The highest BCUT2D eigenvalue weighted by molar-refractivity contribution is 6.05. The summed E-state index contributed by atoms with van der Waals surface area (Å²) in [5, 5.41) is 7.62. The highest BCUT2D eigenvalue weighted by Crippen LogP contribution is 2.29. The molecule has 0 unspecified atom stereocenters. The number of nitrogens with zero attached hydrogens (tertiary/aromatic N) is 4. The Bertz CT molecular complexity index is 1320. The average molecular weight is 446 g/mol. The Kier molecular flexibility index (Phi) is 6.14. The van der Waals surface area contributed by atoms with Crippen LogP contribution in [0.2, 0.25) is 0 Å². The van der Waals surface area contributed by atoms with Gasteiger partial charge in [0.05, 0.1) is 17.0 Å². The summed E-state index contributed by atoms with van der Waals surface area (Å²) in [6, 6.07) is 12.3. The van der Waals surface area contributed by atoms with Gasteiger partial charge >= 0.3 is 0 Å². The molecule has 0 fully saturated rings. The lowest BCUT2D eigenvalue weighted by atomic mass is 10.1. The summed E-state index contributed by atoms with van der Waals surface area (Å²) in [7, 11) is 0. The van der Waals surface area contributed by atoms with E-state index in [1.807, 2.05) is 32.9 Å². The second-order valence-corrected chi connectivity index (χ2v) is 8.09. The summed E-state index contributed by atoms with van der Waals surface area (Å²) in [6.45, 7) is 11.8. The Hall–Kier alpha value is -3.74. The Balaban J connectivity index is 1.66. The van der Waals surface area contributed by atoms with Crippen molar-refractivity contribution in [1.82, 2.24) is 14.6 Å². The highest BCUT2D eigenvalue weighted by Gasteiger charge is 2.19. The number of fused-ring (bicyclic) bond motifs is 1. The molecule has 0 atom stereocenters. The van der Waals surface area contributed by atoms with E-state index < -0.39 is 0 Å². The van der Waals surface area contributed by atoms with Gasteiger partial charge in [-0.25, -0.2) is 13.9 Å². The number of hydrogen-bond donors (Lipinski definition) is 1. The zero-order valence-electron chi connectivity index (χ0n) is 19.6. The van der Waals surface area contributed by atoms with Crippen molar-refractivity contribution in [1.29, 1.82) is 0 Å². The highest BCUT2D eigenvalue weighted by atomic mass is 19.1. The molecule has 2 heterocycles. The second-order valence-electron chi connectivity index (χ2n) is 8.09. The molecule has 0 spiro atoms. The van der Waals surface area contributed by atoms with Crippen molar-refractivity contribution >= 4 is 22.9 Å². The summed E-state index contributed by atoms with van der Waals surface area (Å²) < 4.78 is 15.1. The van der Waals surface area contributed by atoms with Crippen LogP contribution in [-0.2, 0) is 0 Å². The third kappa shape index (κ3) is 4.18. The molecule has 0 saturated heterocycles. The van der Waals surface area contributed by atoms with Gasteiger partial charge in [0.25, 0.3) is 5.91 Å². The van der Waals surface area contributed by atoms with Gasteiger partial charge in [0, 0.05) is 36.2 Å². The van der Waals surface area contributed by atoms with Crippen LogP contribution in [-0.4, -0.2) is 33.6 Å². The van der Waals surface area contributed by atoms with Crippen LogP contribution in [0.25, 0.3) is 16.8 Å². The molecule has 0 aliphatic rings. The number of aromatic nitrogens is 3. The summed E-state index contributed by atoms with van der Waals surface area (Å²) >= 11 is 0. The molecule has 0 saturated carbocycles. The summed E-state index contributed by atoms with van der Waals surface area (Å²) in [4.78, 5) is 19.9. The Morgan fingerprint density at radius 1 is 1.06 bits per heavy atom. The molecule has 4 aromatic rings. The van der Waals surface area contributed by atoms with E-state index in [9.17, 15) is 9.18 Å². The maximum absolute atomic E-state index is 13.4. The van der Waals surface area contributed by atoms with Crippen LogP contribution in [0.5, 0.6) is 0 Å². The van der Waals surface area contributed by atoms with E-state index in [4.69, 9.17) is 0 Å². The molecular formula is C26H28FN5O. The minimum atomic E-state index is -0.295. The lowest BCUT2D eigenvalue weighted by molar-refractivity contribution is 0.102. The fraction of sp³-hybridized carbons (Fsp3) is 0.269. The van der Waals surface area contributed by atoms with E-state index in [2.05, 4.69) is 40.2 Å². The largest absolute Gasteiger partial charge is 0.372 e. The predicted molar refractivity (Wildman–Crippen MR) is 131 cm³/mol. The number of nitrogens with one attached hydrogen (secondary N) is 1. The lowest BCUT2D eigenvalue weighted by Gasteiger charge is -2.22. The first-order valence-electron chi connectivity index (χ1n) is 11.1. The van der Waals surface area contributed by atoms with E-state index in [-0.39, 0.29) is 11.7 Å². The third-order valence-corrected chi connectivity index (χ3v) is 6.02. The van der Waals surface area contributed by atoms with E-state index in [0.717, 1.165) is 46.8 Å². The number of aryl methyl sites for hydroxylation is 3. The fourth-order valence-corrected chi connectivity index (χ4v) is 4.14. The molecule has 2 aromatic heterocycles. The standard InChI is InChI=1S/C26H28FN5O/c1-6-31(7-2)21-12-13-23(16(3)14-21)29-26(33)22-15-28-25-24(17(4)30-32(25)18(22)5)19-8-10-20(27)11-9-19/h8-15H,6-7H2,1-5H3,(H,29,33). The number of carbonyl (C=O) groups excluding carboxylic acids is 1. The van der Waals surface area contributed by atoms with Gasteiger partial charge in [0.15, 0.2) is 5.65 Å². The molecule has 0 radical (unpaired) electrons. The Morgan fingerprint density at radius 3 is 2.39 bits per heavy atom. The number of hydrogen-bond acceptors (Lipinski definition) is 4. The minimum Gasteiger partial charge on any atom is -0.372 e. The molecular weight excluding hydrogens is 417 g/mol. The maximum Gasteiger partial charge on any atom is 0.259 e. The molecule has 4 rings (SSSR count). The van der Waals surface area contributed by atoms with Crippen molar-refractivity contribution in [3.05, 3.63) is 77.0 Å². The van der Waals surface area contributed by atoms with Gasteiger partial charge in [-0.1, -0.05) is 12.1 Å². The van der Waals surface area contributed by atoms with Gasteiger partial charge in [0.2, 0.25) is 0 Å². The molecule has 0 aliphatic heterocycles. The molecule has 7 heteroatoms. The zero-order chi connectivity index (χ0) is 23.7. The zero-order valence-corrected chi connectivity index (χ0v) is 19.6. The van der Waals surface area contributed by atoms with E-state index in [0.29, 0.717) is 16.9 Å². The number of rotatable bonds is 6. The van der Waals surface area contributed by atoms with Gasteiger partial charge in [-0.15, -0.1) is 0 Å². The Labute approximate surface area is 193 Å². The first kappa shape index (κ1) is 22.5. The van der Waals surface area contributed by atoms with Crippen LogP contribution < -0.4 is 10.2 Å². The van der Waals surface area contributed by atoms with Crippen LogP contribution in [0.15, 0.2) is 48.7 Å². The molecule has 6 nitrogen and oxygen atoms in total. The maximum atomic E-state index is 13.4. The van der Waals surface area contributed by atoms with Crippen LogP contribution in [0.1, 0.15) is 41.2 Å². The minimum absolute atomic E-state index is 0.239. The lowest BCUT2D eigenvalue weighted by Crippen LogP contribution is -2.22. The van der Waals surface area contributed by atoms with Crippen molar-refractivity contribution in [3.63, 3.8) is 0 Å². The number of amides is 1. The van der Waals surface area contributed by atoms with Crippen LogP contribution >= 0.6 is 0 Å². The first-order valence-corrected chi connectivity index (χ1v) is 11.1. The predicted octanol–water partition coefficient (Wildman–Crippen LogP) is 5.56. The third-order valence-electron chi connectivity index (χ3n) is 6.02. The molecule has 33 heavy (non-hydrogen) atoms. The molecule has 0 bridgehead atoms. The summed E-state index contributed by atoms with van der Waals surface area (Å²) in [5.41, 5.74) is 7.08. The van der Waals surface area contributed by atoms with Gasteiger partial charge < -0.3 is 10.2 Å². The summed E-state index contributed by atoms with van der Waals surface area (Å²) in [5.74, 6) is -0.534. The van der Waals surface area contributed by atoms with Crippen LogP contribution in [0, 0.1) is 26.6 Å².